The molecule has 9 heteroatoms. The van der Waals surface area contributed by atoms with Crippen LogP contribution in [0.1, 0.15) is 29.5 Å². The lowest BCUT2D eigenvalue weighted by atomic mass is 10.0. The molecule has 1 aromatic heterocycles. The molecule has 2 amide bonds. The molecular weight excluding hydrogens is 440 g/mol. The Morgan fingerprint density at radius 3 is 2.70 bits per heavy atom. The molecular formula is C24H26N4O4S. The Labute approximate surface area is 193 Å². The number of fused-ring (bicyclic) bond motifs is 1. The maximum Gasteiger partial charge on any atom is 0.246 e. The minimum absolute atomic E-state index is 0.0373. The summed E-state index contributed by atoms with van der Waals surface area (Å²) in [5.74, 6) is -0.185. The predicted octanol–water partition coefficient (Wildman–Crippen LogP) is 2.51. The van der Waals surface area contributed by atoms with Crippen LogP contribution in [0.25, 0.3) is 11.6 Å². The van der Waals surface area contributed by atoms with Gasteiger partial charge in [0.15, 0.2) is 0 Å². The molecule has 0 atom stereocenters. The van der Waals surface area contributed by atoms with E-state index in [1.165, 1.54) is 17.2 Å². The molecule has 0 fully saturated rings. The molecule has 0 radical (unpaired) electrons. The summed E-state index contributed by atoms with van der Waals surface area (Å²) in [6.07, 6.45) is 9.60. The van der Waals surface area contributed by atoms with E-state index in [-0.39, 0.29) is 19.0 Å². The zero-order chi connectivity index (χ0) is 23.4. The lowest BCUT2D eigenvalue weighted by Gasteiger charge is -2.18. The summed E-state index contributed by atoms with van der Waals surface area (Å²) in [5, 5.41) is 2.63. The summed E-state index contributed by atoms with van der Waals surface area (Å²) < 4.78 is 25.0. The summed E-state index contributed by atoms with van der Waals surface area (Å²) in [6, 6.07) is 11.9. The number of sulfonamides is 1. The van der Waals surface area contributed by atoms with Crippen molar-refractivity contribution in [1.82, 2.24) is 14.2 Å². The van der Waals surface area contributed by atoms with E-state index < -0.39 is 15.9 Å². The highest BCUT2D eigenvalue weighted by Gasteiger charge is 2.26. The second kappa shape index (κ2) is 9.68. The van der Waals surface area contributed by atoms with Crippen LogP contribution in [-0.2, 0) is 26.2 Å². The highest BCUT2D eigenvalue weighted by Crippen LogP contribution is 2.23. The first-order valence-corrected chi connectivity index (χ1v) is 12.6. The lowest BCUT2D eigenvalue weighted by molar-refractivity contribution is -0.125. The zero-order valence-electron chi connectivity index (χ0n) is 18.4. The van der Waals surface area contributed by atoms with Crippen molar-refractivity contribution in [3.63, 3.8) is 0 Å². The van der Waals surface area contributed by atoms with Crippen molar-refractivity contribution in [2.45, 2.75) is 19.4 Å². The largest absolute Gasteiger partial charge is 0.339 e. The average Bonchev–Trinajstić information content (AvgIpc) is 3.14. The Balaban J connectivity index is 1.44. The van der Waals surface area contributed by atoms with Crippen molar-refractivity contribution >= 4 is 39.3 Å². The van der Waals surface area contributed by atoms with Crippen molar-refractivity contribution in [2.75, 3.05) is 31.2 Å². The number of aromatic nitrogens is 1. The second-order valence-electron chi connectivity index (χ2n) is 8.15. The average molecular weight is 467 g/mol. The Bertz CT molecular complexity index is 1220. The fraction of sp³-hybridized carbons (Fsp3) is 0.292. The molecule has 0 unspecified atom stereocenters. The third-order valence-electron chi connectivity index (χ3n) is 5.70. The smallest absolute Gasteiger partial charge is 0.246 e. The van der Waals surface area contributed by atoms with Crippen molar-refractivity contribution in [1.29, 1.82) is 0 Å². The van der Waals surface area contributed by atoms with E-state index in [4.69, 9.17) is 0 Å². The maximum atomic E-state index is 12.8. The number of nitrogens with zero attached hydrogens (tertiary/aromatic N) is 3. The highest BCUT2D eigenvalue weighted by molar-refractivity contribution is 7.88. The molecule has 4 rings (SSSR count). The summed E-state index contributed by atoms with van der Waals surface area (Å²) in [5.41, 5.74) is 3.67. The second-order valence-corrected chi connectivity index (χ2v) is 10.1. The van der Waals surface area contributed by atoms with Gasteiger partial charge in [0, 0.05) is 37.5 Å². The molecule has 2 aliphatic rings. The number of amides is 2. The molecule has 1 N–H and O–H groups in total. The molecule has 0 spiro atoms. The molecule has 0 aliphatic carbocycles. The molecule has 3 heterocycles. The first-order valence-electron chi connectivity index (χ1n) is 10.7. The van der Waals surface area contributed by atoms with Gasteiger partial charge in [0.2, 0.25) is 21.8 Å². The lowest BCUT2D eigenvalue weighted by Crippen LogP contribution is -2.34. The fourth-order valence-corrected chi connectivity index (χ4v) is 4.66. The van der Waals surface area contributed by atoms with Crippen LogP contribution in [0, 0.1) is 0 Å². The number of hydrogen-bond acceptors (Lipinski definition) is 5. The van der Waals surface area contributed by atoms with Crippen molar-refractivity contribution in [2.24, 2.45) is 0 Å². The van der Waals surface area contributed by atoms with E-state index in [0.29, 0.717) is 30.0 Å². The molecule has 172 valence electrons. The summed E-state index contributed by atoms with van der Waals surface area (Å²) in [6.45, 7) is 1.07. The van der Waals surface area contributed by atoms with E-state index in [0.717, 1.165) is 23.4 Å². The summed E-state index contributed by atoms with van der Waals surface area (Å²) >= 11 is 0. The predicted molar refractivity (Wildman–Crippen MR) is 127 cm³/mol. The van der Waals surface area contributed by atoms with Gasteiger partial charge in [-0.1, -0.05) is 36.4 Å². The number of carbonyl (C=O) groups is 2. The molecule has 0 saturated carbocycles. The Hall–Kier alpha value is -3.30. The first-order chi connectivity index (χ1) is 15.8. The number of carbonyl (C=O) groups excluding carboxylic acids is 2. The SMILES string of the molecule is CS(=O)(=O)N1CC(=O)Nc2ncc(/C=C/C(=O)N3CCC=C(c4ccccc4)CC3)cc2C1. The van der Waals surface area contributed by atoms with Crippen LogP contribution >= 0.6 is 0 Å². The molecule has 8 nitrogen and oxygen atoms in total. The van der Waals surface area contributed by atoms with Gasteiger partial charge in [-0.2, -0.15) is 4.31 Å². The molecule has 0 saturated heterocycles. The van der Waals surface area contributed by atoms with Gasteiger partial charge in [-0.25, -0.2) is 13.4 Å². The number of pyridine rings is 1. The zero-order valence-corrected chi connectivity index (χ0v) is 19.2. The number of benzene rings is 1. The van der Waals surface area contributed by atoms with Crippen LogP contribution < -0.4 is 5.32 Å². The van der Waals surface area contributed by atoms with Gasteiger partial charge in [-0.05, 0) is 41.7 Å². The van der Waals surface area contributed by atoms with Gasteiger partial charge in [-0.15, -0.1) is 0 Å². The summed E-state index contributed by atoms with van der Waals surface area (Å²) in [4.78, 5) is 30.9. The fourth-order valence-electron chi connectivity index (χ4n) is 3.94. The van der Waals surface area contributed by atoms with Gasteiger partial charge >= 0.3 is 0 Å². The standard InChI is InChI=1S/C24H26N4O4S/c1-33(31,32)28-16-21-14-18(15-25-24(21)26-22(29)17-28)9-10-23(30)27-12-5-8-20(11-13-27)19-6-3-2-4-7-19/h2-4,6-10,14-15H,5,11-13,16-17H2,1H3,(H,25,26,29)/b10-9+. The summed E-state index contributed by atoms with van der Waals surface area (Å²) in [7, 11) is -3.55. The van der Waals surface area contributed by atoms with Crippen LogP contribution in [0.4, 0.5) is 5.82 Å². The minimum atomic E-state index is -3.55. The third-order valence-corrected chi connectivity index (χ3v) is 6.89. The number of nitrogens with one attached hydrogen (secondary N) is 1. The van der Waals surface area contributed by atoms with Crippen LogP contribution in [0.15, 0.2) is 54.7 Å². The first kappa shape index (κ1) is 22.9. The Morgan fingerprint density at radius 2 is 1.94 bits per heavy atom. The van der Waals surface area contributed by atoms with E-state index in [1.54, 1.807) is 18.3 Å². The van der Waals surface area contributed by atoms with Crippen LogP contribution in [0.5, 0.6) is 0 Å². The van der Waals surface area contributed by atoms with Gasteiger partial charge in [0.1, 0.15) is 5.82 Å². The number of anilines is 1. The van der Waals surface area contributed by atoms with E-state index in [2.05, 4.69) is 28.5 Å². The molecule has 33 heavy (non-hydrogen) atoms. The molecule has 2 aliphatic heterocycles. The Kier molecular flexibility index (Phi) is 6.71. The van der Waals surface area contributed by atoms with Crippen LogP contribution in [-0.4, -0.2) is 60.3 Å². The van der Waals surface area contributed by atoms with Gasteiger partial charge < -0.3 is 10.2 Å². The van der Waals surface area contributed by atoms with Gasteiger partial charge in [-0.3, -0.25) is 9.59 Å². The van der Waals surface area contributed by atoms with E-state index >= 15 is 0 Å². The number of rotatable bonds is 4. The molecule has 2 aromatic rings. The maximum absolute atomic E-state index is 12.8. The molecule has 0 bridgehead atoms. The van der Waals surface area contributed by atoms with E-state index in [9.17, 15) is 18.0 Å². The minimum Gasteiger partial charge on any atom is -0.339 e. The van der Waals surface area contributed by atoms with Gasteiger partial charge in [0.05, 0.1) is 12.8 Å². The quantitative estimate of drug-likeness (QED) is 0.698. The highest BCUT2D eigenvalue weighted by atomic mass is 32.2. The monoisotopic (exact) mass is 466 g/mol. The Morgan fingerprint density at radius 1 is 1.15 bits per heavy atom. The molecule has 1 aromatic carbocycles. The number of hydrogen-bond donors (Lipinski definition) is 1. The van der Waals surface area contributed by atoms with Crippen molar-refractivity contribution in [3.8, 4) is 0 Å². The van der Waals surface area contributed by atoms with Crippen molar-refractivity contribution in [3.05, 3.63) is 71.4 Å². The third kappa shape index (κ3) is 5.74. The van der Waals surface area contributed by atoms with Crippen LogP contribution in [0.3, 0.4) is 0 Å². The van der Waals surface area contributed by atoms with E-state index in [1.807, 2.05) is 23.1 Å². The van der Waals surface area contributed by atoms with Crippen LogP contribution in [0.2, 0.25) is 0 Å². The topological polar surface area (TPSA) is 99.7 Å². The van der Waals surface area contributed by atoms with Gasteiger partial charge in [0.25, 0.3) is 0 Å². The normalized spacial score (nSPS) is 17.7. The van der Waals surface area contributed by atoms with Crippen molar-refractivity contribution < 1.29 is 18.0 Å².